The molecule has 0 aliphatic heterocycles. The van der Waals surface area contributed by atoms with Crippen LogP contribution in [0.5, 0.6) is 0 Å². The molecule has 0 radical (unpaired) electrons. The van der Waals surface area contributed by atoms with Gasteiger partial charge in [0.2, 0.25) is 10.0 Å². The molecule has 0 saturated heterocycles. The van der Waals surface area contributed by atoms with E-state index in [4.69, 9.17) is 23.2 Å². The van der Waals surface area contributed by atoms with Crippen molar-refractivity contribution in [3.8, 4) is 10.6 Å². The standard InChI is InChI=1S/C17H14Cl2N2O2S2/c18-13-7-5-12(6-8-13)17-21-14(11-24-17)9-10-20-25(22,23)16-4-2-1-3-15(16)19/h1-8,11,20H,9-10H2. The Bertz CT molecular complexity index is 970. The highest BCUT2D eigenvalue weighted by Gasteiger charge is 2.16. The zero-order chi connectivity index (χ0) is 17.9. The summed E-state index contributed by atoms with van der Waals surface area (Å²) in [4.78, 5) is 4.61. The van der Waals surface area contributed by atoms with Gasteiger partial charge in [-0.05, 0) is 24.3 Å². The third-order valence-corrected chi connectivity index (χ3v) is 6.60. The Kier molecular flexibility index (Phi) is 5.76. The summed E-state index contributed by atoms with van der Waals surface area (Å²) in [5, 5.41) is 3.68. The number of rotatable bonds is 6. The number of aromatic nitrogens is 1. The van der Waals surface area contributed by atoms with E-state index in [0.717, 1.165) is 16.3 Å². The van der Waals surface area contributed by atoms with Crippen LogP contribution in [0, 0.1) is 0 Å². The summed E-state index contributed by atoms with van der Waals surface area (Å²) in [6.07, 6.45) is 0.494. The molecule has 130 valence electrons. The maximum absolute atomic E-state index is 12.3. The van der Waals surface area contributed by atoms with E-state index in [1.54, 1.807) is 18.2 Å². The summed E-state index contributed by atoms with van der Waals surface area (Å²) in [5.41, 5.74) is 1.81. The molecule has 0 atom stereocenters. The van der Waals surface area contributed by atoms with Crippen LogP contribution < -0.4 is 4.72 Å². The summed E-state index contributed by atoms with van der Waals surface area (Å²) in [5.74, 6) is 0. The molecule has 1 aromatic heterocycles. The molecule has 0 amide bonds. The Morgan fingerprint density at radius 3 is 2.48 bits per heavy atom. The Morgan fingerprint density at radius 2 is 1.76 bits per heavy atom. The topological polar surface area (TPSA) is 59.1 Å². The summed E-state index contributed by atoms with van der Waals surface area (Å²) < 4.78 is 27.1. The van der Waals surface area contributed by atoms with E-state index in [0.29, 0.717) is 11.4 Å². The highest BCUT2D eigenvalue weighted by atomic mass is 35.5. The Labute approximate surface area is 160 Å². The molecular formula is C17H14Cl2N2O2S2. The molecule has 3 aromatic rings. The first-order valence-corrected chi connectivity index (χ1v) is 10.5. The molecular weight excluding hydrogens is 399 g/mol. The van der Waals surface area contributed by atoms with Crippen LogP contribution in [-0.4, -0.2) is 19.9 Å². The summed E-state index contributed by atoms with van der Waals surface area (Å²) in [7, 11) is -3.63. The number of nitrogens with one attached hydrogen (secondary N) is 1. The fourth-order valence-corrected chi connectivity index (χ4v) is 4.74. The van der Waals surface area contributed by atoms with Gasteiger partial charge in [0.15, 0.2) is 0 Å². The third kappa shape index (κ3) is 4.59. The average molecular weight is 413 g/mol. The molecule has 0 unspecified atom stereocenters. The van der Waals surface area contributed by atoms with Crippen molar-refractivity contribution in [1.29, 1.82) is 0 Å². The van der Waals surface area contributed by atoms with E-state index in [1.807, 2.05) is 29.6 Å². The molecule has 0 bridgehead atoms. The predicted octanol–water partition coefficient (Wildman–Crippen LogP) is 4.64. The maximum Gasteiger partial charge on any atom is 0.242 e. The summed E-state index contributed by atoms with van der Waals surface area (Å²) >= 11 is 13.3. The minimum atomic E-state index is -3.63. The molecule has 0 aliphatic carbocycles. The highest BCUT2D eigenvalue weighted by Crippen LogP contribution is 2.25. The Balaban J connectivity index is 1.63. The van der Waals surface area contributed by atoms with Crippen LogP contribution in [0.4, 0.5) is 0 Å². The van der Waals surface area contributed by atoms with E-state index >= 15 is 0 Å². The lowest BCUT2D eigenvalue weighted by Gasteiger charge is -2.07. The molecule has 1 N–H and O–H groups in total. The first kappa shape index (κ1) is 18.4. The van der Waals surface area contributed by atoms with Crippen LogP contribution >= 0.6 is 34.5 Å². The largest absolute Gasteiger partial charge is 0.242 e. The van der Waals surface area contributed by atoms with Gasteiger partial charge < -0.3 is 0 Å². The van der Waals surface area contributed by atoms with Gasteiger partial charge in [-0.3, -0.25) is 0 Å². The highest BCUT2D eigenvalue weighted by molar-refractivity contribution is 7.89. The molecule has 0 fully saturated rings. The molecule has 0 aliphatic rings. The Morgan fingerprint density at radius 1 is 1.04 bits per heavy atom. The van der Waals surface area contributed by atoms with Crippen molar-refractivity contribution >= 4 is 44.6 Å². The van der Waals surface area contributed by atoms with Crippen LogP contribution in [-0.2, 0) is 16.4 Å². The Hall–Kier alpha value is -1.44. The van der Waals surface area contributed by atoms with Crippen molar-refractivity contribution in [2.45, 2.75) is 11.3 Å². The van der Waals surface area contributed by atoms with Gasteiger partial charge in [-0.2, -0.15) is 0 Å². The second kappa shape index (κ2) is 7.85. The van der Waals surface area contributed by atoms with Gasteiger partial charge in [-0.1, -0.05) is 47.5 Å². The van der Waals surface area contributed by atoms with Crippen LogP contribution in [0.3, 0.4) is 0 Å². The lowest BCUT2D eigenvalue weighted by molar-refractivity contribution is 0.581. The van der Waals surface area contributed by atoms with E-state index in [-0.39, 0.29) is 16.5 Å². The second-order valence-corrected chi connectivity index (χ2v) is 8.67. The molecule has 0 saturated carbocycles. The first-order valence-electron chi connectivity index (χ1n) is 7.40. The van der Waals surface area contributed by atoms with E-state index in [2.05, 4.69) is 9.71 Å². The quantitative estimate of drug-likeness (QED) is 0.641. The zero-order valence-corrected chi connectivity index (χ0v) is 16.1. The SMILES string of the molecule is O=S(=O)(NCCc1csc(-c2ccc(Cl)cc2)n1)c1ccccc1Cl. The summed E-state index contributed by atoms with van der Waals surface area (Å²) in [6, 6.07) is 13.8. The zero-order valence-electron chi connectivity index (χ0n) is 12.9. The fraction of sp³-hybridized carbons (Fsp3) is 0.118. The number of sulfonamides is 1. The van der Waals surface area contributed by atoms with E-state index < -0.39 is 10.0 Å². The lowest BCUT2D eigenvalue weighted by Crippen LogP contribution is -2.26. The van der Waals surface area contributed by atoms with Crippen molar-refractivity contribution in [2.75, 3.05) is 6.54 Å². The smallest absolute Gasteiger partial charge is 0.241 e. The van der Waals surface area contributed by atoms with Gasteiger partial charge >= 0.3 is 0 Å². The normalized spacial score (nSPS) is 11.6. The number of halogens is 2. The molecule has 3 rings (SSSR count). The molecule has 25 heavy (non-hydrogen) atoms. The van der Waals surface area contributed by atoms with E-state index in [1.165, 1.54) is 17.4 Å². The molecule has 1 heterocycles. The number of nitrogens with zero attached hydrogens (tertiary/aromatic N) is 1. The lowest BCUT2D eigenvalue weighted by atomic mass is 10.2. The van der Waals surface area contributed by atoms with Crippen molar-refractivity contribution in [1.82, 2.24) is 9.71 Å². The number of hydrogen-bond donors (Lipinski definition) is 1. The molecule has 2 aromatic carbocycles. The monoisotopic (exact) mass is 412 g/mol. The molecule has 8 heteroatoms. The van der Waals surface area contributed by atoms with Gasteiger partial charge in [0.1, 0.15) is 9.90 Å². The minimum Gasteiger partial charge on any atom is -0.241 e. The predicted molar refractivity (Wildman–Crippen MR) is 103 cm³/mol. The van der Waals surface area contributed by atoms with Gasteiger partial charge in [-0.15, -0.1) is 11.3 Å². The van der Waals surface area contributed by atoms with Crippen LogP contribution in [0.25, 0.3) is 10.6 Å². The maximum atomic E-state index is 12.3. The molecule has 4 nitrogen and oxygen atoms in total. The van der Waals surface area contributed by atoms with Crippen molar-refractivity contribution in [2.24, 2.45) is 0 Å². The third-order valence-electron chi connectivity index (χ3n) is 3.44. The summed E-state index contributed by atoms with van der Waals surface area (Å²) in [6.45, 7) is 0.247. The van der Waals surface area contributed by atoms with Gasteiger partial charge in [-0.25, -0.2) is 18.1 Å². The van der Waals surface area contributed by atoms with E-state index in [9.17, 15) is 8.42 Å². The fourth-order valence-electron chi connectivity index (χ4n) is 2.20. The van der Waals surface area contributed by atoms with Gasteiger partial charge in [0, 0.05) is 28.9 Å². The van der Waals surface area contributed by atoms with Crippen molar-refractivity contribution < 1.29 is 8.42 Å². The van der Waals surface area contributed by atoms with Gasteiger partial charge in [0.25, 0.3) is 0 Å². The average Bonchev–Trinajstić information content (AvgIpc) is 3.04. The van der Waals surface area contributed by atoms with Crippen LogP contribution in [0.1, 0.15) is 5.69 Å². The number of hydrogen-bond acceptors (Lipinski definition) is 4. The minimum absolute atomic E-state index is 0.0804. The van der Waals surface area contributed by atoms with Crippen molar-refractivity contribution in [3.05, 3.63) is 69.7 Å². The number of thiazole rings is 1. The first-order chi connectivity index (χ1) is 12.0. The van der Waals surface area contributed by atoms with Gasteiger partial charge in [0.05, 0.1) is 10.7 Å². The second-order valence-electron chi connectivity index (χ2n) is 5.23. The van der Waals surface area contributed by atoms with Crippen LogP contribution in [0.15, 0.2) is 58.8 Å². The number of benzene rings is 2. The van der Waals surface area contributed by atoms with Crippen molar-refractivity contribution in [3.63, 3.8) is 0 Å². The van der Waals surface area contributed by atoms with Crippen LogP contribution in [0.2, 0.25) is 10.0 Å². The molecule has 0 spiro atoms.